The van der Waals surface area contributed by atoms with Gasteiger partial charge in [0.25, 0.3) is 0 Å². The van der Waals surface area contributed by atoms with Gasteiger partial charge < -0.3 is 24.6 Å². The molecule has 0 radical (unpaired) electrons. The fourth-order valence-electron chi connectivity index (χ4n) is 3.45. The van der Waals surface area contributed by atoms with E-state index in [9.17, 15) is 14.4 Å². The smallest absolute Gasteiger partial charge is 0.410 e. The molecule has 0 atom stereocenters. The van der Waals surface area contributed by atoms with Gasteiger partial charge in [0, 0.05) is 31.1 Å². The van der Waals surface area contributed by atoms with Gasteiger partial charge in [-0.05, 0) is 58.4 Å². The summed E-state index contributed by atoms with van der Waals surface area (Å²) in [5.74, 6) is -0.0617. The lowest BCUT2D eigenvalue weighted by Crippen LogP contribution is -2.39. The highest BCUT2D eigenvalue weighted by Gasteiger charge is 2.24. The molecule has 0 spiro atoms. The van der Waals surface area contributed by atoms with E-state index in [1.807, 2.05) is 26.8 Å². The van der Waals surface area contributed by atoms with Crippen molar-refractivity contribution in [3.8, 4) is 0 Å². The second-order valence-corrected chi connectivity index (χ2v) is 9.72. The first-order valence-corrected chi connectivity index (χ1v) is 11.6. The van der Waals surface area contributed by atoms with Crippen molar-refractivity contribution in [2.45, 2.75) is 44.1 Å². The highest BCUT2D eigenvalue weighted by atomic mass is 32.2. The van der Waals surface area contributed by atoms with Gasteiger partial charge in [0.05, 0.1) is 23.6 Å². The van der Waals surface area contributed by atoms with Gasteiger partial charge in [0.1, 0.15) is 5.60 Å². The number of carbonyl (C=O) groups is 3. The average Bonchev–Trinajstić information content (AvgIpc) is 2.95. The lowest BCUT2D eigenvalue weighted by Gasteiger charge is -2.26. The molecule has 1 aromatic carbocycles. The molecule has 170 valence electrons. The summed E-state index contributed by atoms with van der Waals surface area (Å²) in [6.07, 6.45) is 1.34. The van der Waals surface area contributed by atoms with Crippen LogP contribution in [0.15, 0.2) is 23.1 Å². The zero-order valence-corrected chi connectivity index (χ0v) is 19.3. The maximum atomic E-state index is 12.3. The van der Waals surface area contributed by atoms with E-state index in [0.717, 1.165) is 37.4 Å². The minimum Gasteiger partial charge on any atom is -0.462 e. The molecule has 2 aliphatic heterocycles. The van der Waals surface area contributed by atoms with Gasteiger partial charge in [0.15, 0.2) is 0 Å². The summed E-state index contributed by atoms with van der Waals surface area (Å²) in [6.45, 7) is 9.72. The number of hydrogen-bond donors (Lipinski definition) is 1. The Morgan fingerprint density at radius 3 is 2.74 bits per heavy atom. The molecular weight excluding hydrogens is 418 g/mol. The minimum atomic E-state index is -0.491. The standard InChI is InChI=1S/C22H31N3O5S/c1-22(2,3)30-21(28)25-10-4-8-24(11-12-25)9-5-13-29-20(27)16-6-7-18-17(14-16)23-19(26)15-31-18/h6-7,14H,4-5,8-13,15H2,1-3H3,(H,23,26). The van der Waals surface area contributed by atoms with Crippen LogP contribution in [-0.4, -0.2) is 78.5 Å². The Kier molecular flexibility index (Phi) is 7.83. The number of hydrogen-bond acceptors (Lipinski definition) is 7. The Bertz CT molecular complexity index is 824. The van der Waals surface area contributed by atoms with E-state index in [2.05, 4.69) is 10.2 Å². The van der Waals surface area contributed by atoms with Gasteiger partial charge in [-0.2, -0.15) is 0 Å². The number of nitrogens with one attached hydrogen (secondary N) is 1. The summed E-state index contributed by atoms with van der Waals surface area (Å²) in [6, 6.07) is 5.23. The number of anilines is 1. The van der Waals surface area contributed by atoms with Crippen molar-refractivity contribution < 1.29 is 23.9 Å². The first-order chi connectivity index (χ1) is 14.7. The summed E-state index contributed by atoms with van der Waals surface area (Å²) >= 11 is 1.46. The van der Waals surface area contributed by atoms with E-state index in [0.29, 0.717) is 36.7 Å². The van der Waals surface area contributed by atoms with Gasteiger partial charge in [-0.3, -0.25) is 4.79 Å². The molecule has 8 nitrogen and oxygen atoms in total. The SMILES string of the molecule is CC(C)(C)OC(=O)N1CCCN(CCCOC(=O)c2ccc3c(c2)NC(=O)CS3)CC1. The van der Waals surface area contributed by atoms with Gasteiger partial charge in [0.2, 0.25) is 5.91 Å². The van der Waals surface area contributed by atoms with Crippen LogP contribution in [0.5, 0.6) is 0 Å². The van der Waals surface area contributed by atoms with Crippen molar-refractivity contribution >= 4 is 35.4 Å². The summed E-state index contributed by atoms with van der Waals surface area (Å²) < 4.78 is 10.9. The van der Waals surface area contributed by atoms with Crippen LogP contribution in [0.3, 0.4) is 0 Å². The van der Waals surface area contributed by atoms with E-state index in [-0.39, 0.29) is 18.0 Å². The lowest BCUT2D eigenvalue weighted by atomic mass is 10.2. The quantitative estimate of drug-likeness (QED) is 0.545. The molecule has 1 saturated heterocycles. The molecule has 0 aromatic heterocycles. The summed E-state index contributed by atoms with van der Waals surface area (Å²) in [5, 5.41) is 2.78. The topological polar surface area (TPSA) is 88.2 Å². The van der Waals surface area contributed by atoms with Gasteiger partial charge in [-0.15, -0.1) is 11.8 Å². The molecule has 0 saturated carbocycles. The number of carbonyl (C=O) groups excluding carboxylic acids is 3. The zero-order chi connectivity index (χ0) is 22.4. The number of rotatable bonds is 5. The monoisotopic (exact) mass is 449 g/mol. The van der Waals surface area contributed by atoms with Crippen LogP contribution >= 0.6 is 11.8 Å². The molecule has 0 unspecified atom stereocenters. The molecule has 0 aliphatic carbocycles. The highest BCUT2D eigenvalue weighted by molar-refractivity contribution is 8.00. The van der Waals surface area contributed by atoms with Crippen LogP contribution in [0.1, 0.15) is 44.0 Å². The molecule has 1 fully saturated rings. The number of ether oxygens (including phenoxy) is 2. The Labute approximate surface area is 187 Å². The summed E-state index contributed by atoms with van der Waals surface area (Å²) in [5.41, 5.74) is 0.606. The van der Waals surface area contributed by atoms with Crippen LogP contribution in [0.25, 0.3) is 0 Å². The first-order valence-electron chi connectivity index (χ1n) is 10.7. The molecule has 3 rings (SSSR count). The number of thioether (sulfide) groups is 1. The second-order valence-electron chi connectivity index (χ2n) is 8.70. The third-order valence-corrected chi connectivity index (χ3v) is 6.01. The van der Waals surface area contributed by atoms with Crippen molar-refractivity contribution in [3.63, 3.8) is 0 Å². The van der Waals surface area contributed by atoms with Crippen molar-refractivity contribution in [1.29, 1.82) is 0 Å². The average molecular weight is 450 g/mol. The van der Waals surface area contributed by atoms with Crippen molar-refractivity contribution in [2.75, 3.05) is 50.4 Å². The fraction of sp³-hybridized carbons (Fsp3) is 0.591. The maximum absolute atomic E-state index is 12.3. The van der Waals surface area contributed by atoms with E-state index in [4.69, 9.17) is 9.47 Å². The maximum Gasteiger partial charge on any atom is 0.410 e. The molecule has 1 N–H and O–H groups in total. The van der Waals surface area contributed by atoms with Gasteiger partial charge in [-0.25, -0.2) is 9.59 Å². The number of amides is 2. The highest BCUT2D eigenvalue weighted by Crippen LogP contribution is 2.32. The predicted octanol–water partition coefficient (Wildman–Crippen LogP) is 3.22. The van der Waals surface area contributed by atoms with Gasteiger partial charge in [-0.1, -0.05) is 0 Å². The molecule has 31 heavy (non-hydrogen) atoms. The third-order valence-electron chi connectivity index (χ3n) is 4.94. The molecule has 9 heteroatoms. The van der Waals surface area contributed by atoms with E-state index >= 15 is 0 Å². The lowest BCUT2D eigenvalue weighted by molar-refractivity contribution is -0.113. The Morgan fingerprint density at radius 2 is 1.97 bits per heavy atom. The van der Waals surface area contributed by atoms with E-state index < -0.39 is 5.60 Å². The van der Waals surface area contributed by atoms with Crippen LogP contribution in [0.4, 0.5) is 10.5 Å². The normalized spacial score (nSPS) is 17.4. The summed E-state index contributed by atoms with van der Waals surface area (Å²) in [7, 11) is 0. The largest absolute Gasteiger partial charge is 0.462 e. The van der Waals surface area contributed by atoms with Crippen LogP contribution in [-0.2, 0) is 14.3 Å². The fourth-order valence-corrected chi connectivity index (χ4v) is 4.24. The number of fused-ring (bicyclic) bond motifs is 1. The second kappa shape index (κ2) is 10.4. The zero-order valence-electron chi connectivity index (χ0n) is 18.4. The molecule has 2 amide bonds. The molecule has 0 bridgehead atoms. The first kappa shape index (κ1) is 23.4. The minimum absolute atomic E-state index is 0.0642. The van der Waals surface area contributed by atoms with Crippen molar-refractivity contribution in [3.05, 3.63) is 23.8 Å². The van der Waals surface area contributed by atoms with E-state index in [1.54, 1.807) is 17.0 Å². The Morgan fingerprint density at radius 1 is 1.16 bits per heavy atom. The molecular formula is C22H31N3O5S. The number of esters is 1. The molecule has 2 aliphatic rings. The molecule has 2 heterocycles. The number of nitrogens with zero attached hydrogens (tertiary/aromatic N) is 2. The van der Waals surface area contributed by atoms with Crippen LogP contribution in [0.2, 0.25) is 0 Å². The van der Waals surface area contributed by atoms with Gasteiger partial charge >= 0.3 is 12.1 Å². The van der Waals surface area contributed by atoms with Crippen LogP contribution < -0.4 is 5.32 Å². The van der Waals surface area contributed by atoms with Crippen molar-refractivity contribution in [2.24, 2.45) is 0 Å². The van der Waals surface area contributed by atoms with Crippen molar-refractivity contribution in [1.82, 2.24) is 9.80 Å². The Balaban J connectivity index is 1.39. The van der Waals surface area contributed by atoms with E-state index in [1.165, 1.54) is 11.8 Å². The molecule has 1 aromatic rings. The summed E-state index contributed by atoms with van der Waals surface area (Å²) in [4.78, 5) is 41.1. The third kappa shape index (κ3) is 7.14. The van der Waals surface area contributed by atoms with Crippen LogP contribution in [0, 0.1) is 0 Å². The number of benzene rings is 1. The predicted molar refractivity (Wildman–Crippen MR) is 120 cm³/mol. The Hall–Kier alpha value is -2.26.